The number of hydrogen-bond donors (Lipinski definition) is 2. The highest BCUT2D eigenvalue weighted by Gasteiger charge is 2.37. The summed E-state index contributed by atoms with van der Waals surface area (Å²) >= 11 is 0. The van der Waals surface area contributed by atoms with Gasteiger partial charge in [-0.2, -0.15) is 26.3 Å². The van der Waals surface area contributed by atoms with E-state index in [0.29, 0.717) is 12.1 Å². The van der Waals surface area contributed by atoms with Gasteiger partial charge in [0, 0.05) is 13.0 Å². The van der Waals surface area contributed by atoms with Gasteiger partial charge in [0.1, 0.15) is 0 Å². The lowest BCUT2D eigenvalue weighted by Crippen LogP contribution is -2.50. The van der Waals surface area contributed by atoms with Gasteiger partial charge in [-0.15, -0.1) is 12.4 Å². The van der Waals surface area contributed by atoms with E-state index in [1.807, 2.05) is 5.32 Å². The number of rotatable bonds is 3. The average molecular weight is 391 g/mol. The Labute approximate surface area is 144 Å². The Morgan fingerprint density at radius 3 is 1.96 bits per heavy atom. The molecule has 0 aromatic heterocycles. The molecule has 25 heavy (non-hydrogen) atoms. The molecule has 1 unspecified atom stereocenters. The molecule has 0 spiro atoms. The zero-order valence-corrected chi connectivity index (χ0v) is 13.2. The second-order valence-electron chi connectivity index (χ2n) is 5.30. The molecule has 2 amide bonds. The van der Waals surface area contributed by atoms with Crippen LogP contribution >= 0.6 is 12.4 Å². The van der Waals surface area contributed by atoms with Gasteiger partial charge in [0.25, 0.3) is 0 Å². The molecule has 1 heterocycles. The summed E-state index contributed by atoms with van der Waals surface area (Å²) in [5.41, 5.74) is -3.10. The smallest absolute Gasteiger partial charge is 0.302 e. The number of imide groups is 1. The Morgan fingerprint density at radius 2 is 1.52 bits per heavy atom. The van der Waals surface area contributed by atoms with Crippen molar-refractivity contribution < 1.29 is 35.9 Å². The number of hydrogen-bond acceptors (Lipinski definition) is 3. The molecule has 1 atom stereocenters. The van der Waals surface area contributed by atoms with Crippen LogP contribution in [0.15, 0.2) is 18.2 Å². The second kappa shape index (κ2) is 7.61. The summed E-state index contributed by atoms with van der Waals surface area (Å²) < 4.78 is 76.5. The monoisotopic (exact) mass is 390 g/mol. The maximum Gasteiger partial charge on any atom is 0.416 e. The molecule has 1 saturated heterocycles. The number of amides is 2. The summed E-state index contributed by atoms with van der Waals surface area (Å²) in [5, 5.41) is 4.60. The van der Waals surface area contributed by atoms with E-state index in [4.69, 9.17) is 0 Å². The maximum atomic E-state index is 12.7. The lowest BCUT2D eigenvalue weighted by molar-refractivity contribution is -0.143. The minimum atomic E-state index is -4.93. The number of piperidine rings is 1. The lowest BCUT2D eigenvalue weighted by atomic mass is 10.0. The van der Waals surface area contributed by atoms with E-state index in [-0.39, 0.29) is 43.4 Å². The Bertz CT molecular complexity index is 627. The molecule has 2 rings (SSSR count). The minimum Gasteiger partial charge on any atom is -0.302 e. The van der Waals surface area contributed by atoms with Crippen molar-refractivity contribution in [3.8, 4) is 0 Å². The van der Waals surface area contributed by atoms with Crippen LogP contribution < -0.4 is 10.6 Å². The van der Waals surface area contributed by atoms with Crippen molar-refractivity contribution in [1.82, 2.24) is 10.6 Å². The SMILES string of the molecule is Cl.O=C1CCC(NCc2cc(C(F)(F)F)cc(C(F)(F)F)c2)C(=O)N1. The molecule has 1 fully saturated rings. The van der Waals surface area contributed by atoms with E-state index >= 15 is 0 Å². The van der Waals surface area contributed by atoms with E-state index in [1.54, 1.807) is 0 Å². The van der Waals surface area contributed by atoms with E-state index in [9.17, 15) is 35.9 Å². The predicted molar refractivity (Wildman–Crippen MR) is 76.7 cm³/mol. The summed E-state index contributed by atoms with van der Waals surface area (Å²) in [4.78, 5) is 22.5. The van der Waals surface area contributed by atoms with Gasteiger partial charge in [-0.3, -0.25) is 14.9 Å². The van der Waals surface area contributed by atoms with Gasteiger partial charge in [-0.1, -0.05) is 0 Å². The van der Waals surface area contributed by atoms with Gasteiger partial charge >= 0.3 is 12.4 Å². The van der Waals surface area contributed by atoms with E-state index < -0.39 is 41.3 Å². The molecule has 1 aliphatic rings. The second-order valence-corrected chi connectivity index (χ2v) is 5.30. The topological polar surface area (TPSA) is 58.2 Å². The zero-order valence-electron chi connectivity index (χ0n) is 12.4. The third-order valence-electron chi connectivity index (χ3n) is 3.44. The summed E-state index contributed by atoms with van der Waals surface area (Å²) in [6, 6.07) is 0.365. The summed E-state index contributed by atoms with van der Waals surface area (Å²) in [5.74, 6) is -1.13. The van der Waals surface area contributed by atoms with Crippen LogP contribution in [0.5, 0.6) is 0 Å². The van der Waals surface area contributed by atoms with Crippen molar-refractivity contribution in [3.05, 3.63) is 34.9 Å². The minimum absolute atomic E-state index is 0. The molecule has 1 aromatic rings. The molecule has 2 N–H and O–H groups in total. The first-order chi connectivity index (χ1) is 11.0. The summed E-state index contributed by atoms with van der Waals surface area (Å²) in [6.07, 6.45) is -9.69. The molecule has 140 valence electrons. The fraction of sp³-hybridized carbons (Fsp3) is 0.429. The van der Waals surface area contributed by atoms with Crippen molar-refractivity contribution >= 4 is 24.2 Å². The van der Waals surface area contributed by atoms with Crippen LogP contribution in [0, 0.1) is 0 Å². The molecule has 0 radical (unpaired) electrons. The first-order valence-electron chi connectivity index (χ1n) is 6.82. The number of carbonyl (C=O) groups is 2. The highest BCUT2D eigenvalue weighted by Crippen LogP contribution is 2.36. The Morgan fingerprint density at radius 1 is 1.00 bits per heavy atom. The molecule has 0 saturated carbocycles. The first-order valence-corrected chi connectivity index (χ1v) is 6.82. The van der Waals surface area contributed by atoms with Crippen LogP contribution in [-0.4, -0.2) is 17.9 Å². The number of halogens is 7. The largest absolute Gasteiger partial charge is 0.416 e. The van der Waals surface area contributed by atoms with Gasteiger partial charge < -0.3 is 5.32 Å². The number of benzene rings is 1. The van der Waals surface area contributed by atoms with Gasteiger partial charge in [-0.05, 0) is 30.2 Å². The molecule has 0 bridgehead atoms. The summed E-state index contributed by atoms with van der Waals surface area (Å²) in [7, 11) is 0. The molecular formula is C14H13ClF6N2O2. The molecule has 1 aromatic carbocycles. The highest BCUT2D eigenvalue weighted by molar-refractivity contribution is 6.00. The molecular weight excluding hydrogens is 378 g/mol. The van der Waals surface area contributed by atoms with E-state index in [1.165, 1.54) is 0 Å². The fourth-order valence-electron chi connectivity index (χ4n) is 2.25. The van der Waals surface area contributed by atoms with E-state index in [0.717, 1.165) is 0 Å². The molecule has 4 nitrogen and oxygen atoms in total. The van der Waals surface area contributed by atoms with Crippen LogP contribution in [0.1, 0.15) is 29.5 Å². The molecule has 0 aliphatic carbocycles. The Kier molecular flexibility index (Phi) is 6.46. The number of alkyl halides is 6. The number of nitrogens with one attached hydrogen (secondary N) is 2. The van der Waals surface area contributed by atoms with Crippen molar-refractivity contribution in [3.63, 3.8) is 0 Å². The van der Waals surface area contributed by atoms with Crippen LogP contribution in [0.25, 0.3) is 0 Å². The van der Waals surface area contributed by atoms with Gasteiger partial charge in [-0.25, -0.2) is 0 Å². The first kappa shape index (κ1) is 21.2. The van der Waals surface area contributed by atoms with Gasteiger partial charge in [0.2, 0.25) is 11.8 Å². The van der Waals surface area contributed by atoms with Crippen molar-refractivity contribution in [2.75, 3.05) is 0 Å². The van der Waals surface area contributed by atoms with Crippen LogP contribution in [0.2, 0.25) is 0 Å². The fourth-order valence-corrected chi connectivity index (χ4v) is 2.25. The van der Waals surface area contributed by atoms with E-state index in [2.05, 4.69) is 5.32 Å². The zero-order chi connectivity index (χ0) is 18.1. The van der Waals surface area contributed by atoms with Crippen LogP contribution in [0.3, 0.4) is 0 Å². The predicted octanol–water partition coefficient (Wildman–Crippen LogP) is 3.04. The van der Waals surface area contributed by atoms with Gasteiger partial charge in [0.05, 0.1) is 17.2 Å². The van der Waals surface area contributed by atoms with Crippen LogP contribution in [-0.2, 0) is 28.5 Å². The molecule has 11 heteroatoms. The third-order valence-corrected chi connectivity index (χ3v) is 3.44. The average Bonchev–Trinajstić information content (AvgIpc) is 2.44. The molecule has 1 aliphatic heterocycles. The van der Waals surface area contributed by atoms with Crippen molar-refractivity contribution in [1.29, 1.82) is 0 Å². The van der Waals surface area contributed by atoms with Crippen molar-refractivity contribution in [2.24, 2.45) is 0 Å². The summed E-state index contributed by atoms with van der Waals surface area (Å²) in [6.45, 7) is -0.376. The normalized spacial score (nSPS) is 18.6. The number of carbonyl (C=O) groups excluding carboxylic acids is 2. The Hall–Kier alpha value is -1.81. The van der Waals surface area contributed by atoms with Crippen molar-refractivity contribution in [2.45, 2.75) is 37.8 Å². The lowest BCUT2D eigenvalue weighted by Gasteiger charge is -2.22. The quantitative estimate of drug-likeness (QED) is 0.616. The Balaban J connectivity index is 0.00000312. The maximum absolute atomic E-state index is 12.7. The standard InChI is InChI=1S/C14H12F6N2O2.ClH/c15-13(16,17)8-3-7(4-9(5-8)14(18,19)20)6-21-10-1-2-11(23)22-12(10)24;/h3-5,10,21H,1-2,6H2,(H,22,23,24);1H. The van der Waals surface area contributed by atoms with Gasteiger partial charge in [0.15, 0.2) is 0 Å². The highest BCUT2D eigenvalue weighted by atomic mass is 35.5. The van der Waals surface area contributed by atoms with Crippen LogP contribution in [0.4, 0.5) is 26.3 Å². The third kappa shape index (κ3) is 5.60.